The Morgan fingerprint density at radius 1 is 1.41 bits per heavy atom. The van der Waals surface area contributed by atoms with Crippen LogP contribution in [0.4, 0.5) is 0 Å². The Balaban J connectivity index is 2.02. The zero-order valence-corrected chi connectivity index (χ0v) is 15.2. The van der Waals surface area contributed by atoms with Gasteiger partial charge in [0, 0.05) is 38.8 Å². The van der Waals surface area contributed by atoms with Crippen molar-refractivity contribution in [3.63, 3.8) is 0 Å². The Kier molecular flexibility index (Phi) is 6.74. The molecule has 1 aliphatic heterocycles. The van der Waals surface area contributed by atoms with Crippen LogP contribution in [0.25, 0.3) is 0 Å². The molecule has 2 rings (SSSR count). The predicted molar refractivity (Wildman–Crippen MR) is 97.2 cm³/mol. The van der Waals surface area contributed by atoms with E-state index in [4.69, 9.17) is 16.6 Å². The second-order valence-electron chi connectivity index (χ2n) is 6.39. The molecule has 2 amide bonds. The number of nitrogens with zero attached hydrogens (tertiary/aromatic N) is 4. The smallest absolute Gasteiger partial charge is 0.308 e. The van der Waals surface area contributed by atoms with E-state index in [0.29, 0.717) is 44.7 Å². The van der Waals surface area contributed by atoms with Crippen molar-refractivity contribution in [2.75, 3.05) is 26.2 Å². The third kappa shape index (κ3) is 5.43. The standard InChI is InChI=1S/C16H25N7O4/c1-10(15(26)27)9-20-13(24)11-8-12-14(25)22(5-2-4-19-16(17)18)6-3-7-23(12)21-11/h8,10H,2-7,9H2,1H3,(H,20,24)(H,26,27)(H4,17,18,19)/t10-/m0/s1. The maximum absolute atomic E-state index is 12.7. The molecule has 2 heterocycles. The van der Waals surface area contributed by atoms with Crippen LogP contribution >= 0.6 is 0 Å². The number of aryl methyl sites for hydroxylation is 1. The lowest BCUT2D eigenvalue weighted by molar-refractivity contribution is -0.140. The number of amides is 2. The molecule has 0 saturated carbocycles. The van der Waals surface area contributed by atoms with Gasteiger partial charge in [-0.05, 0) is 12.8 Å². The molecule has 11 heteroatoms. The predicted octanol–water partition coefficient (Wildman–Crippen LogP) is -1.16. The minimum absolute atomic E-state index is 0.0127. The summed E-state index contributed by atoms with van der Waals surface area (Å²) in [6.07, 6.45) is 1.33. The molecule has 0 aromatic carbocycles. The summed E-state index contributed by atoms with van der Waals surface area (Å²) in [5.41, 5.74) is 11.0. The summed E-state index contributed by atoms with van der Waals surface area (Å²) < 4.78 is 1.52. The van der Waals surface area contributed by atoms with Crippen molar-refractivity contribution < 1.29 is 19.5 Å². The molecule has 0 unspecified atom stereocenters. The van der Waals surface area contributed by atoms with Gasteiger partial charge in [0.2, 0.25) is 0 Å². The largest absolute Gasteiger partial charge is 0.481 e. The number of aromatic nitrogens is 2. The number of carbonyl (C=O) groups excluding carboxylic acids is 2. The van der Waals surface area contributed by atoms with Gasteiger partial charge in [-0.1, -0.05) is 6.92 Å². The lowest BCUT2D eigenvalue weighted by atomic mass is 10.2. The van der Waals surface area contributed by atoms with Gasteiger partial charge in [-0.25, -0.2) is 0 Å². The van der Waals surface area contributed by atoms with Gasteiger partial charge in [-0.3, -0.25) is 24.1 Å². The lowest BCUT2D eigenvalue weighted by Gasteiger charge is -2.19. The van der Waals surface area contributed by atoms with Crippen LogP contribution in [0.15, 0.2) is 11.1 Å². The van der Waals surface area contributed by atoms with Crippen molar-refractivity contribution in [3.8, 4) is 0 Å². The Labute approximate surface area is 156 Å². The fraction of sp³-hybridized carbons (Fsp3) is 0.562. The van der Waals surface area contributed by atoms with Gasteiger partial charge in [0.15, 0.2) is 11.7 Å². The molecule has 1 aromatic heterocycles. The highest BCUT2D eigenvalue weighted by Gasteiger charge is 2.26. The monoisotopic (exact) mass is 379 g/mol. The molecule has 1 atom stereocenters. The van der Waals surface area contributed by atoms with Crippen molar-refractivity contribution in [2.24, 2.45) is 22.4 Å². The first-order valence-electron chi connectivity index (χ1n) is 8.73. The summed E-state index contributed by atoms with van der Waals surface area (Å²) in [6.45, 7) is 3.52. The SMILES string of the molecule is C[C@@H](CNC(=O)c1cc2n(n1)CCCN(CCCN=C(N)N)C2=O)C(=O)O. The number of carboxylic acid groups (broad SMARTS) is 1. The first kappa shape index (κ1) is 20.2. The van der Waals surface area contributed by atoms with Crippen molar-refractivity contribution in [1.29, 1.82) is 0 Å². The molecule has 0 radical (unpaired) electrons. The van der Waals surface area contributed by atoms with Crippen LogP contribution in [-0.2, 0) is 11.3 Å². The highest BCUT2D eigenvalue weighted by atomic mass is 16.4. The summed E-state index contributed by atoms with van der Waals surface area (Å²) >= 11 is 0. The van der Waals surface area contributed by atoms with Crippen molar-refractivity contribution in [3.05, 3.63) is 17.5 Å². The molecule has 0 aliphatic carbocycles. The number of carbonyl (C=O) groups is 3. The van der Waals surface area contributed by atoms with Gasteiger partial charge in [0.05, 0.1) is 5.92 Å². The maximum Gasteiger partial charge on any atom is 0.308 e. The molecule has 6 N–H and O–H groups in total. The number of fused-ring (bicyclic) bond motifs is 1. The summed E-state index contributed by atoms with van der Waals surface area (Å²) in [7, 11) is 0. The average Bonchev–Trinajstić information content (AvgIpc) is 2.98. The van der Waals surface area contributed by atoms with Crippen molar-refractivity contribution in [1.82, 2.24) is 20.0 Å². The number of nitrogens with one attached hydrogen (secondary N) is 1. The molecule has 0 fully saturated rings. The van der Waals surface area contributed by atoms with Crippen LogP contribution in [0, 0.1) is 5.92 Å². The van der Waals surface area contributed by atoms with Crippen LogP contribution in [0.2, 0.25) is 0 Å². The van der Waals surface area contributed by atoms with E-state index in [1.807, 2.05) is 0 Å². The van der Waals surface area contributed by atoms with Gasteiger partial charge in [-0.15, -0.1) is 0 Å². The third-order valence-electron chi connectivity index (χ3n) is 4.19. The van der Waals surface area contributed by atoms with Gasteiger partial charge in [-0.2, -0.15) is 5.10 Å². The normalized spacial score (nSPS) is 14.9. The molecule has 27 heavy (non-hydrogen) atoms. The van der Waals surface area contributed by atoms with E-state index in [-0.39, 0.29) is 24.1 Å². The molecule has 0 saturated heterocycles. The first-order chi connectivity index (χ1) is 12.8. The second kappa shape index (κ2) is 9.01. The van der Waals surface area contributed by atoms with E-state index in [0.717, 1.165) is 0 Å². The Hall–Kier alpha value is -3.11. The number of aliphatic carboxylic acids is 1. The number of carboxylic acids is 1. The Morgan fingerprint density at radius 2 is 2.15 bits per heavy atom. The van der Waals surface area contributed by atoms with Crippen LogP contribution in [0.5, 0.6) is 0 Å². The molecule has 148 valence electrons. The van der Waals surface area contributed by atoms with Gasteiger partial charge < -0.3 is 26.8 Å². The highest BCUT2D eigenvalue weighted by molar-refractivity contribution is 5.98. The second-order valence-corrected chi connectivity index (χ2v) is 6.39. The Morgan fingerprint density at radius 3 is 2.81 bits per heavy atom. The van der Waals surface area contributed by atoms with E-state index in [9.17, 15) is 14.4 Å². The first-order valence-corrected chi connectivity index (χ1v) is 8.73. The number of aliphatic imine (C=N–C) groups is 1. The number of nitrogens with two attached hydrogens (primary N) is 2. The molecule has 1 aromatic rings. The van der Waals surface area contributed by atoms with Gasteiger partial charge >= 0.3 is 5.97 Å². The maximum atomic E-state index is 12.7. The molecule has 11 nitrogen and oxygen atoms in total. The van der Waals surface area contributed by atoms with Crippen molar-refractivity contribution in [2.45, 2.75) is 26.3 Å². The summed E-state index contributed by atoms with van der Waals surface area (Å²) in [5.74, 6) is -2.40. The van der Waals surface area contributed by atoms with E-state index >= 15 is 0 Å². The fourth-order valence-corrected chi connectivity index (χ4v) is 2.65. The average molecular weight is 379 g/mol. The number of hydrogen-bond acceptors (Lipinski definition) is 5. The quantitative estimate of drug-likeness (QED) is 0.251. The Bertz CT molecular complexity index is 739. The minimum Gasteiger partial charge on any atom is -0.481 e. The van der Waals surface area contributed by atoms with Crippen LogP contribution in [0.1, 0.15) is 40.7 Å². The van der Waals surface area contributed by atoms with Crippen LogP contribution < -0.4 is 16.8 Å². The zero-order chi connectivity index (χ0) is 20.0. The minimum atomic E-state index is -0.998. The highest BCUT2D eigenvalue weighted by Crippen LogP contribution is 2.14. The van der Waals surface area contributed by atoms with Crippen LogP contribution in [0.3, 0.4) is 0 Å². The molecular formula is C16H25N7O4. The summed E-state index contributed by atoms with van der Waals surface area (Å²) in [6, 6.07) is 1.44. The van der Waals surface area contributed by atoms with E-state index in [2.05, 4.69) is 15.4 Å². The van der Waals surface area contributed by atoms with E-state index < -0.39 is 17.8 Å². The molecule has 0 spiro atoms. The van der Waals surface area contributed by atoms with Crippen molar-refractivity contribution >= 4 is 23.7 Å². The molecule has 0 bridgehead atoms. The number of guanidine groups is 1. The van der Waals surface area contributed by atoms with Crippen LogP contribution in [-0.4, -0.2) is 69.7 Å². The number of rotatable bonds is 8. The fourth-order valence-electron chi connectivity index (χ4n) is 2.65. The van der Waals surface area contributed by atoms with E-state index in [1.54, 1.807) is 4.90 Å². The van der Waals surface area contributed by atoms with E-state index in [1.165, 1.54) is 17.7 Å². The molecular weight excluding hydrogens is 354 g/mol. The molecule has 1 aliphatic rings. The lowest BCUT2D eigenvalue weighted by Crippen LogP contribution is -2.33. The topological polar surface area (TPSA) is 169 Å². The number of hydrogen-bond donors (Lipinski definition) is 4. The third-order valence-corrected chi connectivity index (χ3v) is 4.19. The summed E-state index contributed by atoms with van der Waals surface area (Å²) in [5, 5.41) is 15.6. The van der Waals surface area contributed by atoms with Gasteiger partial charge in [0.1, 0.15) is 5.69 Å². The summed E-state index contributed by atoms with van der Waals surface area (Å²) in [4.78, 5) is 41.3. The van der Waals surface area contributed by atoms with Gasteiger partial charge in [0.25, 0.3) is 11.8 Å². The zero-order valence-electron chi connectivity index (χ0n) is 15.2.